The summed E-state index contributed by atoms with van der Waals surface area (Å²) in [6.45, 7) is 4.61. The molecule has 120 valence electrons. The Morgan fingerprint density at radius 2 is 2.05 bits per heavy atom. The number of aromatic nitrogens is 2. The van der Waals surface area contributed by atoms with Gasteiger partial charge in [-0.05, 0) is 12.8 Å². The predicted octanol–water partition coefficient (Wildman–Crippen LogP) is -0.230. The molecule has 0 aromatic carbocycles. The first-order valence-corrected chi connectivity index (χ1v) is 7.60. The standard InChI is InChI=1S/C14H20N4O4/c1-10-15-12(16-22-10)9-13(19)18-4-2-3-11(18)14(20)17-5-7-21-8-6-17/h11H,2-9H2,1H3. The smallest absolute Gasteiger partial charge is 0.245 e. The van der Waals surface area contributed by atoms with Crippen LogP contribution in [0.4, 0.5) is 0 Å². The molecular weight excluding hydrogens is 288 g/mol. The van der Waals surface area contributed by atoms with Crippen LogP contribution in [-0.4, -0.2) is 70.6 Å². The number of nitrogens with zero attached hydrogens (tertiary/aromatic N) is 4. The highest BCUT2D eigenvalue weighted by Gasteiger charge is 2.37. The molecule has 2 amide bonds. The molecule has 8 nitrogen and oxygen atoms in total. The van der Waals surface area contributed by atoms with E-state index in [1.54, 1.807) is 16.7 Å². The average molecular weight is 308 g/mol. The molecule has 0 radical (unpaired) electrons. The molecule has 3 rings (SSSR count). The molecule has 8 heteroatoms. The van der Waals surface area contributed by atoms with Gasteiger partial charge in [-0.2, -0.15) is 4.98 Å². The summed E-state index contributed by atoms with van der Waals surface area (Å²) in [5.41, 5.74) is 0. The first kappa shape index (κ1) is 15.0. The third kappa shape index (κ3) is 3.11. The fraction of sp³-hybridized carbons (Fsp3) is 0.714. The Hall–Kier alpha value is -1.96. The lowest BCUT2D eigenvalue weighted by Gasteiger charge is -2.32. The second-order valence-electron chi connectivity index (χ2n) is 5.59. The van der Waals surface area contributed by atoms with E-state index < -0.39 is 0 Å². The van der Waals surface area contributed by atoms with Crippen LogP contribution < -0.4 is 0 Å². The van der Waals surface area contributed by atoms with Crippen molar-refractivity contribution in [1.82, 2.24) is 19.9 Å². The van der Waals surface area contributed by atoms with Crippen LogP contribution in [0.25, 0.3) is 0 Å². The van der Waals surface area contributed by atoms with Gasteiger partial charge in [0.15, 0.2) is 5.82 Å². The third-order valence-corrected chi connectivity index (χ3v) is 4.06. The van der Waals surface area contributed by atoms with Crippen molar-refractivity contribution in [2.75, 3.05) is 32.8 Å². The quantitative estimate of drug-likeness (QED) is 0.766. The Labute approximate surface area is 128 Å². The van der Waals surface area contributed by atoms with Crippen LogP contribution in [0.15, 0.2) is 4.52 Å². The second-order valence-corrected chi connectivity index (χ2v) is 5.59. The normalized spacial score (nSPS) is 22.1. The lowest BCUT2D eigenvalue weighted by Crippen LogP contribution is -2.51. The van der Waals surface area contributed by atoms with E-state index in [4.69, 9.17) is 9.26 Å². The molecule has 0 N–H and O–H groups in total. The molecule has 1 aromatic heterocycles. The fourth-order valence-corrected chi connectivity index (χ4v) is 2.97. The van der Waals surface area contributed by atoms with E-state index in [2.05, 4.69) is 10.1 Å². The number of carbonyl (C=O) groups is 2. The number of likely N-dealkylation sites (tertiary alicyclic amines) is 1. The Balaban J connectivity index is 1.64. The van der Waals surface area contributed by atoms with Gasteiger partial charge in [-0.1, -0.05) is 5.16 Å². The average Bonchev–Trinajstić information content (AvgIpc) is 3.16. The molecule has 2 saturated heterocycles. The summed E-state index contributed by atoms with van der Waals surface area (Å²) in [6.07, 6.45) is 1.63. The molecule has 22 heavy (non-hydrogen) atoms. The number of ether oxygens (including phenoxy) is 1. The maximum atomic E-state index is 12.6. The van der Waals surface area contributed by atoms with E-state index in [0.29, 0.717) is 51.0 Å². The largest absolute Gasteiger partial charge is 0.378 e. The van der Waals surface area contributed by atoms with Crippen LogP contribution in [0.5, 0.6) is 0 Å². The van der Waals surface area contributed by atoms with Gasteiger partial charge in [0.25, 0.3) is 0 Å². The van der Waals surface area contributed by atoms with Gasteiger partial charge in [0.1, 0.15) is 6.04 Å². The SMILES string of the molecule is Cc1nc(CC(=O)N2CCCC2C(=O)N2CCOCC2)no1. The Kier molecular flexibility index (Phi) is 4.37. The van der Waals surface area contributed by atoms with Crippen molar-refractivity contribution in [3.05, 3.63) is 11.7 Å². The molecule has 0 spiro atoms. The van der Waals surface area contributed by atoms with E-state index >= 15 is 0 Å². The lowest BCUT2D eigenvalue weighted by molar-refractivity contribution is -0.146. The minimum atomic E-state index is -0.362. The van der Waals surface area contributed by atoms with Gasteiger partial charge in [0.2, 0.25) is 17.7 Å². The minimum absolute atomic E-state index is 0.0263. The first-order valence-electron chi connectivity index (χ1n) is 7.60. The number of carbonyl (C=O) groups excluding carboxylic acids is 2. The van der Waals surface area contributed by atoms with Crippen molar-refractivity contribution in [1.29, 1.82) is 0 Å². The van der Waals surface area contributed by atoms with Gasteiger partial charge in [0, 0.05) is 26.6 Å². The Morgan fingerprint density at radius 1 is 1.27 bits per heavy atom. The van der Waals surface area contributed by atoms with Crippen molar-refractivity contribution < 1.29 is 18.8 Å². The van der Waals surface area contributed by atoms with Gasteiger partial charge in [-0.3, -0.25) is 9.59 Å². The zero-order valence-corrected chi connectivity index (χ0v) is 12.7. The lowest BCUT2D eigenvalue weighted by atomic mass is 10.1. The van der Waals surface area contributed by atoms with E-state index in [1.807, 2.05) is 0 Å². The van der Waals surface area contributed by atoms with Crippen LogP contribution in [0.1, 0.15) is 24.6 Å². The molecule has 2 fully saturated rings. The minimum Gasteiger partial charge on any atom is -0.378 e. The van der Waals surface area contributed by atoms with Crippen LogP contribution >= 0.6 is 0 Å². The molecular formula is C14H20N4O4. The molecule has 1 unspecified atom stereocenters. The number of hydrogen-bond donors (Lipinski definition) is 0. The predicted molar refractivity (Wildman–Crippen MR) is 74.9 cm³/mol. The summed E-state index contributed by atoms with van der Waals surface area (Å²) in [5.74, 6) is 0.709. The van der Waals surface area contributed by atoms with Gasteiger partial charge < -0.3 is 19.1 Å². The summed E-state index contributed by atoms with van der Waals surface area (Å²) in [6, 6.07) is -0.362. The van der Waals surface area contributed by atoms with Crippen LogP contribution in [-0.2, 0) is 20.7 Å². The second kappa shape index (κ2) is 6.43. The zero-order valence-electron chi connectivity index (χ0n) is 12.7. The fourth-order valence-electron chi connectivity index (χ4n) is 2.97. The molecule has 2 aliphatic rings. The van der Waals surface area contributed by atoms with Gasteiger partial charge in [0.05, 0.1) is 19.6 Å². The van der Waals surface area contributed by atoms with E-state index in [-0.39, 0.29) is 24.3 Å². The highest BCUT2D eigenvalue weighted by Crippen LogP contribution is 2.21. The number of hydrogen-bond acceptors (Lipinski definition) is 6. The topological polar surface area (TPSA) is 88.8 Å². The number of amides is 2. The van der Waals surface area contributed by atoms with Crippen LogP contribution in [0.2, 0.25) is 0 Å². The number of aryl methyl sites for hydroxylation is 1. The van der Waals surface area contributed by atoms with E-state index in [0.717, 1.165) is 6.42 Å². The third-order valence-electron chi connectivity index (χ3n) is 4.06. The summed E-state index contributed by atoms with van der Waals surface area (Å²) < 4.78 is 10.1. The van der Waals surface area contributed by atoms with Crippen molar-refractivity contribution in [3.63, 3.8) is 0 Å². The number of rotatable bonds is 3. The van der Waals surface area contributed by atoms with Gasteiger partial charge in [-0.25, -0.2) is 0 Å². The van der Waals surface area contributed by atoms with Crippen molar-refractivity contribution in [3.8, 4) is 0 Å². The maximum Gasteiger partial charge on any atom is 0.245 e. The van der Waals surface area contributed by atoms with Gasteiger partial charge in [-0.15, -0.1) is 0 Å². The molecule has 1 atom stereocenters. The molecule has 1 aromatic rings. The van der Waals surface area contributed by atoms with E-state index in [9.17, 15) is 9.59 Å². The highest BCUT2D eigenvalue weighted by molar-refractivity contribution is 5.88. The van der Waals surface area contributed by atoms with Crippen molar-refractivity contribution in [2.24, 2.45) is 0 Å². The molecule has 0 aliphatic carbocycles. The van der Waals surface area contributed by atoms with Crippen molar-refractivity contribution >= 4 is 11.8 Å². The summed E-state index contributed by atoms with van der Waals surface area (Å²) in [4.78, 5) is 32.5. The van der Waals surface area contributed by atoms with E-state index in [1.165, 1.54) is 0 Å². The van der Waals surface area contributed by atoms with Crippen LogP contribution in [0.3, 0.4) is 0 Å². The summed E-state index contributed by atoms with van der Waals surface area (Å²) in [7, 11) is 0. The van der Waals surface area contributed by atoms with Crippen LogP contribution in [0, 0.1) is 6.92 Å². The molecule has 3 heterocycles. The monoisotopic (exact) mass is 308 g/mol. The zero-order chi connectivity index (χ0) is 15.5. The van der Waals surface area contributed by atoms with Gasteiger partial charge >= 0.3 is 0 Å². The molecule has 0 saturated carbocycles. The number of morpholine rings is 1. The highest BCUT2D eigenvalue weighted by atomic mass is 16.5. The molecule has 2 aliphatic heterocycles. The summed E-state index contributed by atoms with van der Waals surface area (Å²) >= 11 is 0. The summed E-state index contributed by atoms with van der Waals surface area (Å²) in [5, 5.41) is 3.74. The Bertz CT molecular complexity index is 553. The maximum absolute atomic E-state index is 12.6. The Morgan fingerprint density at radius 3 is 2.73 bits per heavy atom. The first-order chi connectivity index (χ1) is 10.6. The molecule has 0 bridgehead atoms. The van der Waals surface area contributed by atoms with Crippen molar-refractivity contribution in [2.45, 2.75) is 32.2 Å².